The highest BCUT2D eigenvalue weighted by Crippen LogP contribution is 2.20. The highest BCUT2D eigenvalue weighted by Gasteiger charge is 2.16. The van der Waals surface area contributed by atoms with Gasteiger partial charge in [0.2, 0.25) is 0 Å². The molecule has 108 valence electrons. The van der Waals surface area contributed by atoms with E-state index in [2.05, 4.69) is 9.88 Å². The van der Waals surface area contributed by atoms with E-state index in [1.54, 1.807) is 6.07 Å². The van der Waals surface area contributed by atoms with Gasteiger partial charge in [-0.1, -0.05) is 6.42 Å². The van der Waals surface area contributed by atoms with E-state index in [1.807, 2.05) is 4.57 Å². The van der Waals surface area contributed by atoms with Crippen LogP contribution in [0.4, 0.5) is 4.39 Å². The van der Waals surface area contributed by atoms with Crippen molar-refractivity contribution in [2.45, 2.75) is 32.4 Å². The summed E-state index contributed by atoms with van der Waals surface area (Å²) in [5.74, 6) is 0.650. The number of nitrogens with zero attached hydrogens (tertiary/aromatic N) is 3. The molecule has 0 atom stereocenters. The van der Waals surface area contributed by atoms with Crippen LogP contribution in [0, 0.1) is 5.82 Å². The number of rotatable bonds is 4. The SMILES string of the molecule is OCCn1c(CN2CCCCC2)nc2cc(F)ccc21. The first-order chi connectivity index (χ1) is 9.78. The van der Waals surface area contributed by atoms with Gasteiger partial charge in [-0.05, 0) is 38.1 Å². The van der Waals surface area contributed by atoms with Gasteiger partial charge in [-0.3, -0.25) is 4.90 Å². The maximum atomic E-state index is 13.3. The molecular formula is C15H20FN3O. The fourth-order valence-electron chi connectivity index (χ4n) is 2.94. The molecule has 0 amide bonds. The molecule has 2 aromatic rings. The number of benzene rings is 1. The van der Waals surface area contributed by atoms with E-state index in [9.17, 15) is 9.50 Å². The standard InChI is InChI=1S/C15H20FN3O/c16-12-4-5-14-13(10-12)17-15(19(14)8-9-20)11-18-6-2-1-3-7-18/h4-5,10,20H,1-3,6-9,11H2. The monoisotopic (exact) mass is 277 g/mol. The molecule has 3 rings (SSSR count). The van der Waals surface area contributed by atoms with Gasteiger partial charge < -0.3 is 9.67 Å². The lowest BCUT2D eigenvalue weighted by Crippen LogP contribution is -2.30. The van der Waals surface area contributed by atoms with Gasteiger partial charge >= 0.3 is 0 Å². The summed E-state index contributed by atoms with van der Waals surface area (Å²) in [6.07, 6.45) is 3.76. The van der Waals surface area contributed by atoms with E-state index in [4.69, 9.17) is 0 Å². The molecule has 0 aliphatic carbocycles. The zero-order valence-corrected chi connectivity index (χ0v) is 11.6. The molecule has 1 aromatic heterocycles. The normalized spacial score (nSPS) is 16.9. The number of likely N-dealkylation sites (tertiary alicyclic amines) is 1. The maximum Gasteiger partial charge on any atom is 0.125 e. The molecule has 4 nitrogen and oxygen atoms in total. The Morgan fingerprint density at radius 2 is 2.00 bits per heavy atom. The highest BCUT2D eigenvalue weighted by atomic mass is 19.1. The summed E-state index contributed by atoms with van der Waals surface area (Å²) in [7, 11) is 0. The third kappa shape index (κ3) is 2.69. The molecule has 1 N–H and O–H groups in total. The lowest BCUT2D eigenvalue weighted by Gasteiger charge is -2.26. The molecule has 0 bridgehead atoms. The number of fused-ring (bicyclic) bond motifs is 1. The predicted octanol–water partition coefficient (Wildman–Crippen LogP) is 2.15. The zero-order chi connectivity index (χ0) is 13.9. The van der Waals surface area contributed by atoms with Gasteiger partial charge in [0, 0.05) is 12.6 Å². The summed E-state index contributed by atoms with van der Waals surface area (Å²) >= 11 is 0. The quantitative estimate of drug-likeness (QED) is 0.931. The molecule has 2 heterocycles. The minimum Gasteiger partial charge on any atom is -0.395 e. The van der Waals surface area contributed by atoms with E-state index in [0.29, 0.717) is 12.1 Å². The number of hydrogen-bond acceptors (Lipinski definition) is 3. The number of aliphatic hydroxyl groups is 1. The summed E-state index contributed by atoms with van der Waals surface area (Å²) < 4.78 is 15.3. The molecule has 0 unspecified atom stereocenters. The average molecular weight is 277 g/mol. The van der Waals surface area contributed by atoms with Gasteiger partial charge in [-0.15, -0.1) is 0 Å². The summed E-state index contributed by atoms with van der Waals surface area (Å²) in [5.41, 5.74) is 1.57. The Labute approximate surface area is 117 Å². The van der Waals surface area contributed by atoms with Crippen molar-refractivity contribution in [1.82, 2.24) is 14.5 Å². The molecule has 1 fully saturated rings. The van der Waals surface area contributed by atoms with Gasteiger partial charge in [0.05, 0.1) is 24.2 Å². The average Bonchev–Trinajstić information content (AvgIpc) is 2.77. The molecule has 1 aliphatic rings. The smallest absolute Gasteiger partial charge is 0.125 e. The highest BCUT2D eigenvalue weighted by molar-refractivity contribution is 5.76. The number of aromatic nitrogens is 2. The van der Waals surface area contributed by atoms with E-state index in [0.717, 1.165) is 31.0 Å². The third-order valence-corrected chi connectivity index (χ3v) is 3.93. The van der Waals surface area contributed by atoms with E-state index in [1.165, 1.54) is 31.4 Å². The van der Waals surface area contributed by atoms with Crippen molar-refractivity contribution in [3.63, 3.8) is 0 Å². The van der Waals surface area contributed by atoms with Crippen molar-refractivity contribution in [3.8, 4) is 0 Å². The van der Waals surface area contributed by atoms with Crippen LogP contribution in [0.3, 0.4) is 0 Å². The third-order valence-electron chi connectivity index (χ3n) is 3.93. The Kier molecular flexibility index (Phi) is 3.98. The fraction of sp³-hybridized carbons (Fsp3) is 0.533. The van der Waals surface area contributed by atoms with Crippen molar-refractivity contribution in [3.05, 3.63) is 29.8 Å². The Morgan fingerprint density at radius 1 is 1.20 bits per heavy atom. The Bertz CT molecular complexity index is 590. The molecule has 1 aromatic carbocycles. The molecule has 1 aliphatic heterocycles. The lowest BCUT2D eigenvalue weighted by atomic mass is 10.1. The van der Waals surface area contributed by atoms with Crippen molar-refractivity contribution in [1.29, 1.82) is 0 Å². The van der Waals surface area contributed by atoms with Gasteiger partial charge in [0.15, 0.2) is 0 Å². The number of halogens is 1. The molecule has 20 heavy (non-hydrogen) atoms. The molecule has 1 saturated heterocycles. The summed E-state index contributed by atoms with van der Waals surface area (Å²) in [5, 5.41) is 9.25. The van der Waals surface area contributed by atoms with Crippen molar-refractivity contribution >= 4 is 11.0 Å². The first-order valence-corrected chi connectivity index (χ1v) is 7.26. The van der Waals surface area contributed by atoms with Gasteiger partial charge in [0.1, 0.15) is 11.6 Å². The Balaban J connectivity index is 1.93. The minimum absolute atomic E-state index is 0.0653. The second-order valence-electron chi connectivity index (χ2n) is 5.37. The lowest BCUT2D eigenvalue weighted by molar-refractivity contribution is 0.210. The first-order valence-electron chi connectivity index (χ1n) is 7.26. The molecule has 0 spiro atoms. The molecule has 5 heteroatoms. The molecular weight excluding hydrogens is 257 g/mol. The van der Waals surface area contributed by atoms with Crippen LogP contribution in [-0.2, 0) is 13.1 Å². The van der Waals surface area contributed by atoms with Gasteiger partial charge in [-0.2, -0.15) is 0 Å². The second kappa shape index (κ2) is 5.89. The van der Waals surface area contributed by atoms with Gasteiger partial charge in [-0.25, -0.2) is 9.37 Å². The first kappa shape index (κ1) is 13.5. The molecule has 0 radical (unpaired) electrons. The number of piperidine rings is 1. The van der Waals surface area contributed by atoms with Crippen LogP contribution < -0.4 is 0 Å². The second-order valence-corrected chi connectivity index (χ2v) is 5.37. The largest absolute Gasteiger partial charge is 0.395 e. The van der Waals surface area contributed by atoms with Crippen molar-refractivity contribution in [2.24, 2.45) is 0 Å². The topological polar surface area (TPSA) is 41.3 Å². The maximum absolute atomic E-state index is 13.3. The predicted molar refractivity (Wildman–Crippen MR) is 75.9 cm³/mol. The van der Waals surface area contributed by atoms with Crippen LogP contribution in [0.15, 0.2) is 18.2 Å². The number of hydrogen-bond donors (Lipinski definition) is 1. The summed E-state index contributed by atoms with van der Waals surface area (Å²) in [6, 6.07) is 4.65. The minimum atomic E-state index is -0.268. The molecule has 0 saturated carbocycles. The van der Waals surface area contributed by atoms with Crippen LogP contribution in [-0.4, -0.2) is 39.3 Å². The van der Waals surface area contributed by atoms with E-state index in [-0.39, 0.29) is 12.4 Å². The van der Waals surface area contributed by atoms with Crippen LogP contribution in [0.5, 0.6) is 0 Å². The van der Waals surface area contributed by atoms with Crippen LogP contribution in [0.1, 0.15) is 25.1 Å². The van der Waals surface area contributed by atoms with Gasteiger partial charge in [0.25, 0.3) is 0 Å². The summed E-state index contributed by atoms with van der Waals surface area (Å²) in [6.45, 7) is 3.53. The number of aliphatic hydroxyl groups excluding tert-OH is 1. The fourth-order valence-corrected chi connectivity index (χ4v) is 2.94. The Morgan fingerprint density at radius 3 is 2.75 bits per heavy atom. The van der Waals surface area contributed by atoms with E-state index < -0.39 is 0 Å². The van der Waals surface area contributed by atoms with Crippen molar-refractivity contribution < 1.29 is 9.50 Å². The zero-order valence-electron chi connectivity index (χ0n) is 11.6. The van der Waals surface area contributed by atoms with Crippen LogP contribution >= 0.6 is 0 Å². The van der Waals surface area contributed by atoms with E-state index >= 15 is 0 Å². The van der Waals surface area contributed by atoms with Crippen molar-refractivity contribution in [2.75, 3.05) is 19.7 Å². The van der Waals surface area contributed by atoms with Crippen LogP contribution in [0.2, 0.25) is 0 Å². The van der Waals surface area contributed by atoms with Crippen LogP contribution in [0.25, 0.3) is 11.0 Å². The Hall–Kier alpha value is -1.46. The number of imidazole rings is 1. The summed E-state index contributed by atoms with van der Waals surface area (Å²) in [4.78, 5) is 6.94.